The van der Waals surface area contributed by atoms with E-state index in [9.17, 15) is 4.79 Å². The molecule has 0 N–H and O–H groups in total. The van der Waals surface area contributed by atoms with E-state index in [0.717, 1.165) is 24.1 Å². The highest BCUT2D eigenvalue weighted by molar-refractivity contribution is 5.94. The summed E-state index contributed by atoms with van der Waals surface area (Å²) >= 11 is 0. The van der Waals surface area contributed by atoms with E-state index in [-0.39, 0.29) is 11.9 Å². The molecular formula is C21H20N2O. The second-order valence-corrected chi connectivity index (χ2v) is 6.38. The summed E-state index contributed by atoms with van der Waals surface area (Å²) in [6.45, 7) is 0. The van der Waals surface area contributed by atoms with Crippen LogP contribution < -0.4 is 0 Å². The van der Waals surface area contributed by atoms with Gasteiger partial charge in [-0.05, 0) is 60.4 Å². The van der Waals surface area contributed by atoms with E-state index in [1.165, 1.54) is 11.1 Å². The first-order chi connectivity index (χ1) is 11.7. The van der Waals surface area contributed by atoms with E-state index in [0.29, 0.717) is 0 Å². The van der Waals surface area contributed by atoms with Crippen molar-refractivity contribution in [2.24, 2.45) is 0 Å². The van der Waals surface area contributed by atoms with Gasteiger partial charge in [0.2, 0.25) is 0 Å². The third-order valence-electron chi connectivity index (χ3n) is 4.91. The van der Waals surface area contributed by atoms with Crippen LogP contribution in [0.4, 0.5) is 0 Å². The molecule has 3 nitrogen and oxygen atoms in total. The van der Waals surface area contributed by atoms with Crippen LogP contribution in [-0.2, 0) is 12.8 Å². The van der Waals surface area contributed by atoms with Gasteiger partial charge in [-0.2, -0.15) is 0 Å². The molecule has 0 fully saturated rings. The highest BCUT2D eigenvalue weighted by Crippen LogP contribution is 2.25. The van der Waals surface area contributed by atoms with Crippen molar-refractivity contribution in [3.63, 3.8) is 0 Å². The monoisotopic (exact) mass is 316 g/mol. The maximum Gasteiger partial charge on any atom is 0.253 e. The van der Waals surface area contributed by atoms with Gasteiger partial charge in [-0.15, -0.1) is 0 Å². The number of rotatable bonds is 3. The maximum absolute atomic E-state index is 12.8. The van der Waals surface area contributed by atoms with Crippen LogP contribution in [0.5, 0.6) is 0 Å². The molecule has 1 aliphatic rings. The SMILES string of the molecule is CN(C(=O)c1ccc(-n2cccc2)cc1)C1Cc2ccccc2C1. The van der Waals surface area contributed by atoms with Gasteiger partial charge in [0.1, 0.15) is 0 Å². The molecule has 0 radical (unpaired) electrons. The van der Waals surface area contributed by atoms with Crippen molar-refractivity contribution in [2.75, 3.05) is 7.05 Å². The largest absolute Gasteiger partial charge is 0.338 e. The number of nitrogens with zero attached hydrogens (tertiary/aromatic N) is 2. The molecule has 3 aromatic rings. The number of amides is 1. The number of likely N-dealkylation sites (N-methyl/N-ethyl adjacent to an activating group) is 1. The van der Waals surface area contributed by atoms with Crippen LogP contribution in [-0.4, -0.2) is 28.5 Å². The van der Waals surface area contributed by atoms with E-state index in [1.54, 1.807) is 0 Å². The third-order valence-corrected chi connectivity index (χ3v) is 4.91. The van der Waals surface area contributed by atoms with E-state index in [1.807, 2.05) is 65.3 Å². The molecule has 2 aromatic carbocycles. The second-order valence-electron chi connectivity index (χ2n) is 6.38. The van der Waals surface area contributed by atoms with Gasteiger partial charge >= 0.3 is 0 Å². The number of benzene rings is 2. The fraction of sp³-hybridized carbons (Fsp3) is 0.190. The van der Waals surface area contributed by atoms with Crippen LogP contribution in [0.1, 0.15) is 21.5 Å². The van der Waals surface area contributed by atoms with Crippen LogP contribution in [0, 0.1) is 0 Å². The summed E-state index contributed by atoms with van der Waals surface area (Å²) < 4.78 is 2.03. The molecule has 120 valence electrons. The Hall–Kier alpha value is -2.81. The van der Waals surface area contributed by atoms with Crippen LogP contribution >= 0.6 is 0 Å². The summed E-state index contributed by atoms with van der Waals surface area (Å²) in [4.78, 5) is 14.7. The molecule has 1 aromatic heterocycles. The van der Waals surface area contributed by atoms with Gasteiger partial charge in [-0.1, -0.05) is 24.3 Å². The predicted octanol–water partition coefficient (Wildman–Crippen LogP) is 3.72. The van der Waals surface area contributed by atoms with Gasteiger partial charge in [0.15, 0.2) is 0 Å². The van der Waals surface area contributed by atoms with Gasteiger partial charge in [-0.25, -0.2) is 0 Å². The van der Waals surface area contributed by atoms with Crippen molar-refractivity contribution < 1.29 is 4.79 Å². The zero-order valence-electron chi connectivity index (χ0n) is 13.7. The van der Waals surface area contributed by atoms with E-state index in [2.05, 4.69) is 24.3 Å². The number of aromatic nitrogens is 1. The van der Waals surface area contributed by atoms with Gasteiger partial charge < -0.3 is 9.47 Å². The van der Waals surface area contributed by atoms with Crippen molar-refractivity contribution in [2.45, 2.75) is 18.9 Å². The van der Waals surface area contributed by atoms with Gasteiger partial charge in [0, 0.05) is 36.7 Å². The van der Waals surface area contributed by atoms with Crippen molar-refractivity contribution >= 4 is 5.91 Å². The fourth-order valence-corrected chi connectivity index (χ4v) is 3.46. The van der Waals surface area contributed by atoms with Crippen LogP contribution in [0.2, 0.25) is 0 Å². The second kappa shape index (κ2) is 6.00. The average Bonchev–Trinajstić information content (AvgIpc) is 3.30. The Bertz CT molecular complexity index is 825. The molecule has 3 heteroatoms. The molecule has 0 atom stereocenters. The lowest BCUT2D eigenvalue weighted by atomic mass is 10.1. The highest BCUT2D eigenvalue weighted by Gasteiger charge is 2.27. The van der Waals surface area contributed by atoms with Crippen LogP contribution in [0.15, 0.2) is 73.1 Å². The van der Waals surface area contributed by atoms with E-state index < -0.39 is 0 Å². The molecular weight excluding hydrogens is 296 g/mol. The Morgan fingerprint density at radius 1 is 0.917 bits per heavy atom. The molecule has 0 unspecified atom stereocenters. The zero-order valence-corrected chi connectivity index (χ0v) is 13.7. The van der Waals surface area contributed by atoms with Crippen molar-refractivity contribution in [3.8, 4) is 5.69 Å². The third kappa shape index (κ3) is 2.62. The van der Waals surface area contributed by atoms with E-state index >= 15 is 0 Å². The van der Waals surface area contributed by atoms with Crippen molar-refractivity contribution in [1.82, 2.24) is 9.47 Å². The summed E-state index contributed by atoms with van der Waals surface area (Å²) in [5, 5.41) is 0. The van der Waals surface area contributed by atoms with Crippen molar-refractivity contribution in [1.29, 1.82) is 0 Å². The normalized spacial score (nSPS) is 13.7. The van der Waals surface area contributed by atoms with Gasteiger partial charge in [0.05, 0.1) is 0 Å². The zero-order chi connectivity index (χ0) is 16.5. The number of fused-ring (bicyclic) bond motifs is 1. The molecule has 0 bridgehead atoms. The van der Waals surface area contributed by atoms with Crippen molar-refractivity contribution in [3.05, 3.63) is 89.7 Å². The molecule has 1 heterocycles. The topological polar surface area (TPSA) is 25.2 Å². The molecule has 1 amide bonds. The molecule has 24 heavy (non-hydrogen) atoms. The molecule has 4 rings (SSSR count). The lowest BCUT2D eigenvalue weighted by molar-refractivity contribution is 0.0738. The van der Waals surface area contributed by atoms with Crippen LogP contribution in [0.25, 0.3) is 5.69 Å². The molecule has 0 saturated heterocycles. The molecule has 1 aliphatic carbocycles. The van der Waals surface area contributed by atoms with Gasteiger partial charge in [-0.3, -0.25) is 4.79 Å². The smallest absolute Gasteiger partial charge is 0.253 e. The summed E-state index contributed by atoms with van der Waals surface area (Å²) in [5.41, 5.74) is 4.53. The lowest BCUT2D eigenvalue weighted by Crippen LogP contribution is -2.37. The lowest BCUT2D eigenvalue weighted by Gasteiger charge is -2.24. The highest BCUT2D eigenvalue weighted by atomic mass is 16.2. The number of hydrogen-bond acceptors (Lipinski definition) is 1. The Morgan fingerprint density at radius 2 is 1.50 bits per heavy atom. The Labute approximate surface area is 142 Å². The van der Waals surface area contributed by atoms with E-state index in [4.69, 9.17) is 0 Å². The Morgan fingerprint density at radius 3 is 2.08 bits per heavy atom. The first kappa shape index (κ1) is 14.8. The standard InChI is InChI=1S/C21H20N2O/c1-22(20-14-17-6-2-3-7-18(17)15-20)21(24)16-8-10-19(11-9-16)23-12-4-5-13-23/h2-13,20H,14-15H2,1H3. The summed E-state index contributed by atoms with van der Waals surface area (Å²) in [6.07, 6.45) is 5.89. The van der Waals surface area contributed by atoms with Gasteiger partial charge in [0.25, 0.3) is 5.91 Å². The Balaban J connectivity index is 1.50. The minimum absolute atomic E-state index is 0.0897. The van der Waals surface area contributed by atoms with Crippen LogP contribution in [0.3, 0.4) is 0 Å². The summed E-state index contributed by atoms with van der Waals surface area (Å²) in [6, 6.07) is 20.5. The first-order valence-electron chi connectivity index (χ1n) is 8.30. The maximum atomic E-state index is 12.8. The average molecular weight is 316 g/mol. The minimum Gasteiger partial charge on any atom is -0.338 e. The number of carbonyl (C=O) groups excluding carboxylic acids is 1. The number of hydrogen-bond donors (Lipinski definition) is 0. The Kier molecular flexibility index (Phi) is 3.69. The quantitative estimate of drug-likeness (QED) is 0.723. The predicted molar refractivity (Wildman–Crippen MR) is 95.5 cm³/mol. The minimum atomic E-state index is 0.0897. The fourth-order valence-electron chi connectivity index (χ4n) is 3.46. The molecule has 0 spiro atoms. The summed E-state index contributed by atoms with van der Waals surface area (Å²) in [5.74, 6) is 0.0897. The number of carbonyl (C=O) groups is 1. The molecule has 0 aliphatic heterocycles. The molecule has 0 saturated carbocycles. The first-order valence-corrected chi connectivity index (χ1v) is 8.30. The summed E-state index contributed by atoms with van der Waals surface area (Å²) in [7, 11) is 1.92.